The normalized spacial score (nSPS) is 15.2. The number of aromatic nitrogens is 2. The van der Waals surface area contributed by atoms with Crippen LogP contribution in [-0.4, -0.2) is 47.0 Å². The number of anilines is 1. The molecule has 3 rings (SSSR count). The van der Waals surface area contributed by atoms with Crippen molar-refractivity contribution in [2.24, 2.45) is 0 Å². The minimum atomic E-state index is 0.211. The second kappa shape index (κ2) is 6.22. The Balaban J connectivity index is 1.57. The van der Waals surface area contributed by atoms with Gasteiger partial charge in [-0.2, -0.15) is 0 Å². The van der Waals surface area contributed by atoms with E-state index in [0.29, 0.717) is 6.42 Å². The third-order valence-electron chi connectivity index (χ3n) is 4.20. The summed E-state index contributed by atoms with van der Waals surface area (Å²) in [6.45, 7) is 7.25. The summed E-state index contributed by atoms with van der Waals surface area (Å²) >= 11 is 0. The molecular weight excluding hydrogens is 276 g/mol. The van der Waals surface area contributed by atoms with Crippen molar-refractivity contribution in [3.05, 3.63) is 47.4 Å². The lowest BCUT2D eigenvalue weighted by Gasteiger charge is -2.35. The molecule has 1 aliphatic rings. The van der Waals surface area contributed by atoms with Gasteiger partial charge in [-0.05, 0) is 37.6 Å². The molecule has 1 saturated heterocycles. The molecule has 1 amide bonds. The number of amides is 1. The lowest BCUT2D eigenvalue weighted by molar-refractivity contribution is -0.130. The maximum Gasteiger partial charge on any atom is 0.227 e. The Morgan fingerprint density at radius 1 is 1.23 bits per heavy atom. The van der Waals surface area contributed by atoms with Crippen molar-refractivity contribution in [3.8, 4) is 0 Å². The number of rotatable bonds is 3. The minimum absolute atomic E-state index is 0.211. The Bertz CT molecular complexity index is 642. The molecule has 0 unspecified atom stereocenters. The van der Waals surface area contributed by atoms with Gasteiger partial charge in [0.1, 0.15) is 5.82 Å². The van der Waals surface area contributed by atoms with Gasteiger partial charge in [-0.1, -0.05) is 6.07 Å². The Morgan fingerprint density at radius 2 is 2.00 bits per heavy atom. The molecule has 22 heavy (non-hydrogen) atoms. The average molecular weight is 298 g/mol. The lowest BCUT2D eigenvalue weighted by atomic mass is 10.1. The Morgan fingerprint density at radius 3 is 2.59 bits per heavy atom. The Kier molecular flexibility index (Phi) is 4.13. The van der Waals surface area contributed by atoms with E-state index in [4.69, 9.17) is 0 Å². The fourth-order valence-corrected chi connectivity index (χ4v) is 2.97. The van der Waals surface area contributed by atoms with E-state index in [1.807, 2.05) is 43.1 Å². The number of carbonyl (C=O) groups excluding carboxylic acids is 1. The van der Waals surface area contributed by atoms with Gasteiger partial charge in [0.25, 0.3) is 0 Å². The van der Waals surface area contributed by atoms with Crippen LogP contribution in [0.1, 0.15) is 17.0 Å². The van der Waals surface area contributed by atoms with Gasteiger partial charge in [-0.3, -0.25) is 4.79 Å². The molecule has 0 bridgehead atoms. The lowest BCUT2D eigenvalue weighted by Crippen LogP contribution is -2.49. The van der Waals surface area contributed by atoms with E-state index < -0.39 is 0 Å². The van der Waals surface area contributed by atoms with E-state index in [1.165, 1.54) is 0 Å². The summed E-state index contributed by atoms with van der Waals surface area (Å²) in [4.78, 5) is 24.3. The predicted octanol–water partition coefficient (Wildman–Crippen LogP) is 1.92. The summed E-state index contributed by atoms with van der Waals surface area (Å²) in [7, 11) is 0. The minimum Gasteiger partial charge on any atom is -0.362 e. The van der Waals surface area contributed by atoms with E-state index in [-0.39, 0.29) is 5.91 Å². The standard InChI is InChI=1S/C17H22N4O/c1-13-11-15(14(2)19-13)12-17(22)21-9-7-20(8-10-21)16-5-3-4-6-18-16/h3-6,11,19H,7-10,12H2,1-2H3. The summed E-state index contributed by atoms with van der Waals surface area (Å²) < 4.78 is 0. The van der Waals surface area contributed by atoms with Crippen molar-refractivity contribution in [1.82, 2.24) is 14.9 Å². The number of nitrogens with zero attached hydrogens (tertiary/aromatic N) is 3. The topological polar surface area (TPSA) is 52.2 Å². The molecule has 3 heterocycles. The molecule has 116 valence electrons. The van der Waals surface area contributed by atoms with Crippen LogP contribution in [0.15, 0.2) is 30.5 Å². The molecule has 1 aliphatic heterocycles. The highest BCUT2D eigenvalue weighted by Gasteiger charge is 2.22. The third kappa shape index (κ3) is 3.13. The fourth-order valence-electron chi connectivity index (χ4n) is 2.97. The van der Waals surface area contributed by atoms with Crippen LogP contribution in [0.4, 0.5) is 5.82 Å². The number of carbonyl (C=O) groups is 1. The molecule has 5 nitrogen and oxygen atoms in total. The number of aryl methyl sites for hydroxylation is 2. The van der Waals surface area contributed by atoms with Crippen LogP contribution in [-0.2, 0) is 11.2 Å². The van der Waals surface area contributed by atoms with Gasteiger partial charge < -0.3 is 14.8 Å². The van der Waals surface area contributed by atoms with Crippen LogP contribution in [0, 0.1) is 13.8 Å². The molecule has 1 N–H and O–H groups in total. The second-order valence-corrected chi connectivity index (χ2v) is 5.84. The fraction of sp³-hybridized carbons (Fsp3) is 0.412. The maximum atomic E-state index is 12.5. The van der Waals surface area contributed by atoms with Crippen molar-refractivity contribution in [2.45, 2.75) is 20.3 Å². The molecule has 0 aromatic carbocycles. The molecular formula is C17H22N4O. The number of hydrogen-bond donors (Lipinski definition) is 1. The number of pyridine rings is 1. The van der Waals surface area contributed by atoms with Gasteiger partial charge >= 0.3 is 0 Å². The van der Waals surface area contributed by atoms with Crippen LogP contribution in [0.25, 0.3) is 0 Å². The zero-order chi connectivity index (χ0) is 15.5. The molecule has 0 atom stereocenters. The van der Waals surface area contributed by atoms with Crippen LogP contribution in [0.3, 0.4) is 0 Å². The van der Waals surface area contributed by atoms with E-state index in [0.717, 1.165) is 48.9 Å². The highest BCUT2D eigenvalue weighted by Crippen LogP contribution is 2.15. The number of aromatic amines is 1. The summed E-state index contributed by atoms with van der Waals surface area (Å²) in [6, 6.07) is 8.00. The van der Waals surface area contributed by atoms with Crippen molar-refractivity contribution < 1.29 is 4.79 Å². The number of hydrogen-bond acceptors (Lipinski definition) is 3. The van der Waals surface area contributed by atoms with E-state index in [2.05, 4.69) is 20.9 Å². The molecule has 0 saturated carbocycles. The van der Waals surface area contributed by atoms with Crippen molar-refractivity contribution >= 4 is 11.7 Å². The highest BCUT2D eigenvalue weighted by atomic mass is 16.2. The smallest absolute Gasteiger partial charge is 0.227 e. The molecule has 0 aliphatic carbocycles. The first kappa shape index (κ1) is 14.6. The van der Waals surface area contributed by atoms with Gasteiger partial charge in [0, 0.05) is 43.8 Å². The first-order valence-corrected chi connectivity index (χ1v) is 7.72. The quantitative estimate of drug-likeness (QED) is 0.942. The summed E-state index contributed by atoms with van der Waals surface area (Å²) in [5.41, 5.74) is 3.31. The van der Waals surface area contributed by atoms with Gasteiger partial charge in [0.05, 0.1) is 6.42 Å². The maximum absolute atomic E-state index is 12.5. The van der Waals surface area contributed by atoms with E-state index in [9.17, 15) is 4.79 Å². The van der Waals surface area contributed by atoms with Gasteiger partial charge in [0.15, 0.2) is 0 Å². The largest absolute Gasteiger partial charge is 0.362 e. The molecule has 2 aromatic rings. The summed E-state index contributed by atoms with van der Waals surface area (Å²) in [6.07, 6.45) is 2.30. The molecule has 0 spiro atoms. The average Bonchev–Trinajstić information content (AvgIpc) is 2.86. The van der Waals surface area contributed by atoms with Gasteiger partial charge in [-0.15, -0.1) is 0 Å². The van der Waals surface area contributed by atoms with Crippen LogP contribution in [0.5, 0.6) is 0 Å². The van der Waals surface area contributed by atoms with Crippen molar-refractivity contribution in [2.75, 3.05) is 31.1 Å². The summed E-state index contributed by atoms with van der Waals surface area (Å²) in [5, 5.41) is 0. The second-order valence-electron chi connectivity index (χ2n) is 5.84. The predicted molar refractivity (Wildman–Crippen MR) is 87.0 cm³/mol. The monoisotopic (exact) mass is 298 g/mol. The van der Waals surface area contributed by atoms with Crippen molar-refractivity contribution in [3.63, 3.8) is 0 Å². The van der Waals surface area contributed by atoms with E-state index >= 15 is 0 Å². The highest BCUT2D eigenvalue weighted by molar-refractivity contribution is 5.79. The SMILES string of the molecule is Cc1cc(CC(=O)N2CCN(c3ccccn3)CC2)c(C)[nH]1. The number of piperazine rings is 1. The van der Waals surface area contributed by atoms with E-state index in [1.54, 1.807) is 0 Å². The van der Waals surface area contributed by atoms with Gasteiger partial charge in [0.2, 0.25) is 5.91 Å². The molecule has 5 heteroatoms. The Labute approximate surface area is 131 Å². The summed E-state index contributed by atoms with van der Waals surface area (Å²) in [5.74, 6) is 1.20. The van der Waals surface area contributed by atoms with Crippen LogP contribution < -0.4 is 4.90 Å². The first-order valence-electron chi connectivity index (χ1n) is 7.72. The number of nitrogens with one attached hydrogen (secondary N) is 1. The van der Waals surface area contributed by atoms with Gasteiger partial charge in [-0.25, -0.2) is 4.98 Å². The third-order valence-corrected chi connectivity index (χ3v) is 4.20. The Hall–Kier alpha value is -2.30. The molecule has 2 aromatic heterocycles. The van der Waals surface area contributed by atoms with Crippen LogP contribution in [0.2, 0.25) is 0 Å². The molecule has 0 radical (unpaired) electrons. The number of H-pyrrole nitrogens is 1. The first-order chi connectivity index (χ1) is 10.6. The van der Waals surface area contributed by atoms with Crippen LogP contribution >= 0.6 is 0 Å². The zero-order valence-corrected chi connectivity index (χ0v) is 13.2. The van der Waals surface area contributed by atoms with Crippen molar-refractivity contribution in [1.29, 1.82) is 0 Å². The zero-order valence-electron chi connectivity index (χ0n) is 13.2. The molecule has 1 fully saturated rings.